The van der Waals surface area contributed by atoms with Gasteiger partial charge in [-0.2, -0.15) is 0 Å². The Balaban J connectivity index is 1.34. The summed E-state index contributed by atoms with van der Waals surface area (Å²) in [5.74, 6) is -0.608. The summed E-state index contributed by atoms with van der Waals surface area (Å²) in [6.07, 6.45) is 2.82. The molecule has 7 heteroatoms. The van der Waals surface area contributed by atoms with E-state index in [1.807, 2.05) is 12.1 Å². The predicted molar refractivity (Wildman–Crippen MR) is 103 cm³/mol. The molecule has 5 nitrogen and oxygen atoms in total. The Morgan fingerprint density at radius 2 is 1.97 bits per heavy atom. The van der Waals surface area contributed by atoms with E-state index in [9.17, 15) is 13.6 Å². The molecule has 4 rings (SSSR count). The Hall–Kier alpha value is -3.09. The monoisotopic (exact) mass is 401 g/mol. The highest BCUT2D eigenvalue weighted by Gasteiger charge is 2.25. The minimum atomic E-state index is -0.716. The standard InChI is InChI=1S/C22H21F2NO4/c1-27-17-3-4-18-14(13-28-21(18)12-17)10-22(26)25-8-6-16(7-9-25)29-20-5-2-15(23)11-19(20)24/h2-5,11-13,16H,6-10H2,1H3. The lowest BCUT2D eigenvalue weighted by Gasteiger charge is -2.32. The zero-order valence-corrected chi connectivity index (χ0v) is 16.0. The Morgan fingerprint density at radius 1 is 1.17 bits per heavy atom. The molecule has 152 valence electrons. The van der Waals surface area contributed by atoms with Crippen LogP contribution in [0.2, 0.25) is 0 Å². The maximum Gasteiger partial charge on any atom is 0.227 e. The number of benzene rings is 2. The molecule has 29 heavy (non-hydrogen) atoms. The van der Waals surface area contributed by atoms with Crippen molar-refractivity contribution in [2.24, 2.45) is 0 Å². The van der Waals surface area contributed by atoms with Crippen LogP contribution in [0, 0.1) is 11.6 Å². The van der Waals surface area contributed by atoms with E-state index in [1.165, 1.54) is 12.1 Å². The summed E-state index contributed by atoms with van der Waals surface area (Å²) in [6.45, 7) is 1.05. The van der Waals surface area contributed by atoms with Crippen LogP contribution in [-0.4, -0.2) is 37.1 Å². The number of carbonyl (C=O) groups excluding carboxylic acids is 1. The fraction of sp³-hybridized carbons (Fsp3) is 0.318. The van der Waals surface area contributed by atoms with Crippen LogP contribution in [0.5, 0.6) is 11.5 Å². The van der Waals surface area contributed by atoms with Crippen molar-refractivity contribution >= 4 is 16.9 Å². The second-order valence-corrected chi connectivity index (χ2v) is 7.07. The summed E-state index contributed by atoms with van der Waals surface area (Å²) in [6, 6.07) is 8.78. The van der Waals surface area contributed by atoms with Gasteiger partial charge >= 0.3 is 0 Å². The average molecular weight is 401 g/mol. The number of likely N-dealkylation sites (tertiary alicyclic amines) is 1. The fourth-order valence-corrected chi connectivity index (χ4v) is 3.58. The molecular weight excluding hydrogens is 380 g/mol. The van der Waals surface area contributed by atoms with E-state index in [0.29, 0.717) is 37.3 Å². The van der Waals surface area contributed by atoms with Crippen LogP contribution in [0.4, 0.5) is 8.78 Å². The SMILES string of the molecule is COc1ccc2c(CC(=O)N3CCC(Oc4ccc(F)cc4F)CC3)coc2c1. The number of nitrogens with zero attached hydrogens (tertiary/aromatic N) is 1. The first-order valence-corrected chi connectivity index (χ1v) is 9.47. The van der Waals surface area contributed by atoms with Gasteiger partial charge in [-0.3, -0.25) is 4.79 Å². The Morgan fingerprint density at radius 3 is 2.69 bits per heavy atom. The summed E-state index contributed by atoms with van der Waals surface area (Å²) in [5.41, 5.74) is 1.51. The Bertz CT molecular complexity index is 1020. The highest BCUT2D eigenvalue weighted by atomic mass is 19.1. The maximum atomic E-state index is 13.8. The molecule has 0 atom stereocenters. The van der Waals surface area contributed by atoms with Gasteiger partial charge in [0.1, 0.15) is 23.3 Å². The van der Waals surface area contributed by atoms with E-state index >= 15 is 0 Å². The van der Waals surface area contributed by atoms with Crippen molar-refractivity contribution in [3.8, 4) is 11.5 Å². The smallest absolute Gasteiger partial charge is 0.227 e. The summed E-state index contributed by atoms with van der Waals surface area (Å²) >= 11 is 0. The lowest BCUT2D eigenvalue weighted by Crippen LogP contribution is -2.42. The third-order valence-corrected chi connectivity index (χ3v) is 5.19. The normalized spacial score (nSPS) is 14.9. The van der Waals surface area contributed by atoms with Gasteiger partial charge in [0.25, 0.3) is 0 Å². The van der Waals surface area contributed by atoms with Crippen molar-refractivity contribution in [3.63, 3.8) is 0 Å². The van der Waals surface area contributed by atoms with Gasteiger partial charge in [-0.25, -0.2) is 8.78 Å². The van der Waals surface area contributed by atoms with Crippen LogP contribution in [0.25, 0.3) is 11.0 Å². The first kappa shape index (κ1) is 19.2. The number of hydrogen-bond acceptors (Lipinski definition) is 4. The largest absolute Gasteiger partial charge is 0.497 e. The molecule has 1 aliphatic heterocycles. The molecule has 0 saturated carbocycles. The lowest BCUT2D eigenvalue weighted by molar-refractivity contribution is -0.132. The third kappa shape index (κ3) is 4.18. The number of carbonyl (C=O) groups is 1. The molecular formula is C22H21F2NO4. The molecule has 1 aromatic heterocycles. The van der Waals surface area contributed by atoms with Gasteiger partial charge in [0.05, 0.1) is 19.8 Å². The third-order valence-electron chi connectivity index (χ3n) is 5.19. The van der Waals surface area contributed by atoms with Crippen LogP contribution in [-0.2, 0) is 11.2 Å². The van der Waals surface area contributed by atoms with Gasteiger partial charge in [0, 0.05) is 49.0 Å². The number of piperidine rings is 1. The highest BCUT2D eigenvalue weighted by molar-refractivity contribution is 5.88. The summed E-state index contributed by atoms with van der Waals surface area (Å²) in [5, 5.41) is 0.893. The zero-order chi connectivity index (χ0) is 20.4. The molecule has 1 aliphatic rings. The molecule has 0 N–H and O–H groups in total. The van der Waals surface area contributed by atoms with Crippen LogP contribution < -0.4 is 9.47 Å². The van der Waals surface area contributed by atoms with E-state index in [4.69, 9.17) is 13.9 Å². The van der Waals surface area contributed by atoms with Crippen LogP contribution in [0.1, 0.15) is 18.4 Å². The zero-order valence-electron chi connectivity index (χ0n) is 16.0. The van der Waals surface area contributed by atoms with E-state index in [0.717, 1.165) is 17.0 Å². The number of fused-ring (bicyclic) bond motifs is 1. The maximum absolute atomic E-state index is 13.8. The van der Waals surface area contributed by atoms with Gasteiger partial charge in [-0.05, 0) is 24.3 Å². The van der Waals surface area contributed by atoms with Crippen molar-refractivity contribution in [2.75, 3.05) is 20.2 Å². The molecule has 0 unspecified atom stereocenters. The van der Waals surface area contributed by atoms with Gasteiger partial charge in [-0.1, -0.05) is 0 Å². The first-order chi connectivity index (χ1) is 14.0. The molecule has 0 radical (unpaired) electrons. The molecule has 2 aromatic carbocycles. The predicted octanol–water partition coefficient (Wildman–Crippen LogP) is 4.33. The average Bonchev–Trinajstić information content (AvgIpc) is 3.12. The first-order valence-electron chi connectivity index (χ1n) is 9.47. The molecule has 1 amide bonds. The van der Waals surface area contributed by atoms with Crippen LogP contribution >= 0.6 is 0 Å². The highest BCUT2D eigenvalue weighted by Crippen LogP contribution is 2.27. The molecule has 2 heterocycles. The molecule has 3 aromatic rings. The number of amides is 1. The van der Waals surface area contributed by atoms with Gasteiger partial charge in [-0.15, -0.1) is 0 Å². The van der Waals surface area contributed by atoms with E-state index in [2.05, 4.69) is 0 Å². The molecule has 0 bridgehead atoms. The molecule has 0 aliphatic carbocycles. The van der Waals surface area contributed by atoms with E-state index in [-0.39, 0.29) is 24.2 Å². The van der Waals surface area contributed by atoms with Gasteiger partial charge in [0.2, 0.25) is 5.91 Å². The van der Waals surface area contributed by atoms with Crippen molar-refractivity contribution in [3.05, 3.63) is 59.9 Å². The lowest BCUT2D eigenvalue weighted by atomic mass is 10.1. The number of halogens is 2. The molecule has 1 saturated heterocycles. The number of furan rings is 1. The van der Waals surface area contributed by atoms with E-state index < -0.39 is 11.6 Å². The second kappa shape index (κ2) is 8.11. The van der Waals surface area contributed by atoms with Crippen molar-refractivity contribution < 1.29 is 27.5 Å². The van der Waals surface area contributed by atoms with Crippen LogP contribution in [0.3, 0.4) is 0 Å². The Labute approximate surface area is 166 Å². The van der Waals surface area contributed by atoms with Crippen LogP contribution in [0.15, 0.2) is 47.1 Å². The van der Waals surface area contributed by atoms with Crippen molar-refractivity contribution in [1.82, 2.24) is 4.90 Å². The summed E-state index contributed by atoms with van der Waals surface area (Å²) in [4.78, 5) is 14.5. The number of methoxy groups -OCH3 is 1. The summed E-state index contributed by atoms with van der Waals surface area (Å²) in [7, 11) is 1.59. The number of ether oxygens (including phenoxy) is 2. The second-order valence-electron chi connectivity index (χ2n) is 7.07. The van der Waals surface area contributed by atoms with Gasteiger partial charge in [0.15, 0.2) is 11.6 Å². The quantitative estimate of drug-likeness (QED) is 0.639. The molecule has 1 fully saturated rings. The molecule has 0 spiro atoms. The topological polar surface area (TPSA) is 51.9 Å². The Kier molecular flexibility index (Phi) is 5.38. The number of rotatable bonds is 5. The summed E-state index contributed by atoms with van der Waals surface area (Å²) < 4.78 is 43.1. The minimum Gasteiger partial charge on any atom is -0.497 e. The van der Waals surface area contributed by atoms with E-state index in [1.54, 1.807) is 24.3 Å². The van der Waals surface area contributed by atoms with Crippen molar-refractivity contribution in [1.29, 1.82) is 0 Å². The number of hydrogen-bond donors (Lipinski definition) is 0. The van der Waals surface area contributed by atoms with Crippen molar-refractivity contribution in [2.45, 2.75) is 25.4 Å². The van der Waals surface area contributed by atoms with Gasteiger partial charge < -0.3 is 18.8 Å². The fourth-order valence-electron chi connectivity index (χ4n) is 3.58. The minimum absolute atomic E-state index is 0.00920.